The first-order chi connectivity index (χ1) is 14.8. The number of rotatable bonds is 9. The van der Waals surface area contributed by atoms with Gasteiger partial charge >= 0.3 is 0 Å². The number of anilines is 1. The van der Waals surface area contributed by atoms with Crippen molar-refractivity contribution in [1.29, 1.82) is 0 Å². The average molecular weight is 460 g/mol. The molecular formula is C23H29N3O3S2. The van der Waals surface area contributed by atoms with Gasteiger partial charge in [0.1, 0.15) is 27.2 Å². The van der Waals surface area contributed by atoms with Crippen molar-refractivity contribution in [2.24, 2.45) is 0 Å². The van der Waals surface area contributed by atoms with Crippen molar-refractivity contribution in [2.45, 2.75) is 52.5 Å². The number of thiophene rings is 1. The molecule has 3 aromatic rings. The van der Waals surface area contributed by atoms with Crippen LogP contribution in [0.1, 0.15) is 49.9 Å². The van der Waals surface area contributed by atoms with Crippen LogP contribution in [0.15, 0.2) is 23.2 Å². The normalized spacial score (nSPS) is 11.2. The smallest absolute Gasteiger partial charge is 0.234 e. The highest BCUT2D eigenvalue weighted by atomic mass is 32.2. The Morgan fingerprint density at radius 3 is 2.58 bits per heavy atom. The summed E-state index contributed by atoms with van der Waals surface area (Å²) in [5.41, 5.74) is 1.79. The fourth-order valence-corrected chi connectivity index (χ4v) is 5.05. The third-order valence-corrected chi connectivity index (χ3v) is 6.78. The van der Waals surface area contributed by atoms with E-state index < -0.39 is 0 Å². The van der Waals surface area contributed by atoms with Gasteiger partial charge in [0, 0.05) is 22.2 Å². The Hall–Kier alpha value is -2.32. The van der Waals surface area contributed by atoms with E-state index >= 15 is 0 Å². The molecule has 8 heteroatoms. The number of nitrogens with zero attached hydrogens (tertiary/aromatic N) is 2. The number of aromatic nitrogens is 2. The molecular weight excluding hydrogens is 430 g/mol. The van der Waals surface area contributed by atoms with Crippen LogP contribution in [0.5, 0.6) is 11.5 Å². The fourth-order valence-electron chi connectivity index (χ4n) is 3.06. The molecule has 0 atom stereocenters. The van der Waals surface area contributed by atoms with Crippen LogP contribution in [0.3, 0.4) is 0 Å². The number of benzene rings is 1. The summed E-state index contributed by atoms with van der Waals surface area (Å²) < 4.78 is 11.2. The molecule has 0 spiro atoms. The van der Waals surface area contributed by atoms with Gasteiger partial charge in [-0.05, 0) is 45.4 Å². The Morgan fingerprint density at radius 2 is 1.90 bits per heavy atom. The van der Waals surface area contributed by atoms with E-state index in [1.54, 1.807) is 17.4 Å². The molecule has 1 aromatic carbocycles. The van der Waals surface area contributed by atoms with Crippen LogP contribution >= 0.6 is 23.1 Å². The van der Waals surface area contributed by atoms with E-state index in [0.717, 1.165) is 21.1 Å². The van der Waals surface area contributed by atoms with Gasteiger partial charge in [-0.15, -0.1) is 11.3 Å². The molecule has 2 aromatic heterocycles. The van der Waals surface area contributed by atoms with Crippen molar-refractivity contribution >= 4 is 44.9 Å². The van der Waals surface area contributed by atoms with Crippen LogP contribution in [0, 0.1) is 13.8 Å². The Labute approximate surface area is 191 Å². The zero-order valence-corrected chi connectivity index (χ0v) is 20.5. The first-order valence-corrected chi connectivity index (χ1v) is 12.2. The second-order valence-corrected chi connectivity index (χ2v) is 9.53. The van der Waals surface area contributed by atoms with Gasteiger partial charge in [-0.2, -0.15) is 0 Å². The van der Waals surface area contributed by atoms with E-state index in [2.05, 4.69) is 33.0 Å². The summed E-state index contributed by atoms with van der Waals surface area (Å²) >= 11 is 3.12. The van der Waals surface area contributed by atoms with Crippen LogP contribution in [0.4, 0.5) is 5.69 Å². The topological polar surface area (TPSA) is 73.3 Å². The van der Waals surface area contributed by atoms with Gasteiger partial charge in [-0.1, -0.05) is 25.6 Å². The minimum Gasteiger partial charge on any atom is -0.494 e. The van der Waals surface area contributed by atoms with E-state index in [-0.39, 0.29) is 17.6 Å². The summed E-state index contributed by atoms with van der Waals surface area (Å²) in [5, 5.41) is 4.88. The molecule has 1 N–H and O–H groups in total. The number of carbonyl (C=O) groups is 1. The van der Waals surface area contributed by atoms with Gasteiger partial charge in [-0.3, -0.25) is 4.79 Å². The lowest BCUT2D eigenvalue weighted by molar-refractivity contribution is -0.113. The monoisotopic (exact) mass is 459 g/mol. The maximum absolute atomic E-state index is 12.8. The van der Waals surface area contributed by atoms with Crippen LogP contribution in [0.2, 0.25) is 0 Å². The zero-order valence-electron chi connectivity index (χ0n) is 18.9. The third-order valence-electron chi connectivity index (χ3n) is 4.71. The lowest BCUT2D eigenvalue weighted by Crippen LogP contribution is -2.15. The van der Waals surface area contributed by atoms with Crippen LogP contribution in [-0.4, -0.2) is 34.8 Å². The molecule has 6 nitrogen and oxygen atoms in total. The van der Waals surface area contributed by atoms with E-state index in [4.69, 9.17) is 19.4 Å². The first-order valence-electron chi connectivity index (χ1n) is 10.4. The van der Waals surface area contributed by atoms with Crippen molar-refractivity contribution < 1.29 is 14.3 Å². The highest BCUT2D eigenvalue weighted by Crippen LogP contribution is 2.36. The predicted molar refractivity (Wildman–Crippen MR) is 129 cm³/mol. The molecule has 0 unspecified atom stereocenters. The average Bonchev–Trinajstić information content (AvgIpc) is 3.02. The molecule has 3 rings (SSSR count). The second-order valence-electron chi connectivity index (χ2n) is 7.37. The molecule has 0 fully saturated rings. The van der Waals surface area contributed by atoms with Crippen molar-refractivity contribution in [3.63, 3.8) is 0 Å². The molecule has 1 amide bonds. The van der Waals surface area contributed by atoms with Crippen LogP contribution < -0.4 is 14.8 Å². The maximum Gasteiger partial charge on any atom is 0.234 e. The largest absolute Gasteiger partial charge is 0.494 e. The fraction of sp³-hybridized carbons (Fsp3) is 0.435. The number of amides is 1. The highest BCUT2D eigenvalue weighted by molar-refractivity contribution is 8.00. The van der Waals surface area contributed by atoms with E-state index in [9.17, 15) is 4.79 Å². The molecule has 0 aliphatic carbocycles. The molecule has 2 heterocycles. The van der Waals surface area contributed by atoms with Crippen molar-refractivity contribution in [3.8, 4) is 11.5 Å². The molecule has 0 radical (unpaired) electrons. The third kappa shape index (κ3) is 5.49. The Morgan fingerprint density at radius 1 is 1.16 bits per heavy atom. The standard InChI is InChI=1S/C23H29N3O3S2/c1-7-28-16-9-10-18(29-8-2)17(11-16)24-19(27)12-30-22-20-14(5)15(6)31-23(20)26-21(25-22)13(3)4/h9-11,13H,7-8,12H2,1-6H3,(H,24,27). The second kappa shape index (κ2) is 10.3. The number of thioether (sulfide) groups is 1. The summed E-state index contributed by atoms with van der Waals surface area (Å²) in [6, 6.07) is 5.45. The minimum atomic E-state index is -0.123. The molecule has 0 saturated heterocycles. The summed E-state index contributed by atoms with van der Waals surface area (Å²) in [6.45, 7) is 13.2. The Balaban J connectivity index is 1.81. The number of hydrogen-bond donors (Lipinski definition) is 1. The van der Waals surface area contributed by atoms with Crippen molar-refractivity contribution in [3.05, 3.63) is 34.5 Å². The number of ether oxygens (including phenoxy) is 2. The van der Waals surface area contributed by atoms with Crippen LogP contribution in [0.25, 0.3) is 10.2 Å². The predicted octanol–water partition coefficient (Wildman–Crippen LogP) is 5.96. The first kappa shape index (κ1) is 23.3. The van der Waals surface area contributed by atoms with Crippen molar-refractivity contribution in [1.82, 2.24) is 9.97 Å². The zero-order chi connectivity index (χ0) is 22.5. The van der Waals surface area contributed by atoms with Gasteiger partial charge in [0.25, 0.3) is 0 Å². The molecule has 0 aliphatic rings. The number of fused-ring (bicyclic) bond motifs is 1. The van der Waals surface area contributed by atoms with Gasteiger partial charge < -0.3 is 14.8 Å². The van der Waals surface area contributed by atoms with Gasteiger partial charge in [0.05, 0.1) is 24.7 Å². The molecule has 31 heavy (non-hydrogen) atoms. The number of aryl methyl sites for hydroxylation is 2. The Kier molecular flexibility index (Phi) is 7.78. The van der Waals surface area contributed by atoms with E-state index in [1.165, 1.54) is 22.2 Å². The van der Waals surface area contributed by atoms with Gasteiger partial charge in [0.2, 0.25) is 5.91 Å². The summed E-state index contributed by atoms with van der Waals surface area (Å²) in [7, 11) is 0. The molecule has 0 aliphatic heterocycles. The summed E-state index contributed by atoms with van der Waals surface area (Å²) in [5.74, 6) is 2.46. The quantitative estimate of drug-likeness (QED) is 0.314. The van der Waals surface area contributed by atoms with Crippen molar-refractivity contribution in [2.75, 3.05) is 24.3 Å². The number of hydrogen-bond acceptors (Lipinski definition) is 7. The molecule has 166 valence electrons. The van der Waals surface area contributed by atoms with E-state index in [0.29, 0.717) is 30.4 Å². The summed E-state index contributed by atoms with van der Waals surface area (Å²) in [6.07, 6.45) is 0. The molecule has 0 saturated carbocycles. The van der Waals surface area contributed by atoms with Gasteiger partial charge in [-0.25, -0.2) is 9.97 Å². The lowest BCUT2D eigenvalue weighted by Gasteiger charge is -2.14. The van der Waals surface area contributed by atoms with Crippen LogP contribution in [-0.2, 0) is 4.79 Å². The maximum atomic E-state index is 12.8. The number of nitrogens with one attached hydrogen (secondary N) is 1. The number of carbonyl (C=O) groups excluding carboxylic acids is 1. The van der Waals surface area contributed by atoms with E-state index in [1.807, 2.05) is 26.0 Å². The SMILES string of the molecule is CCOc1ccc(OCC)c(NC(=O)CSc2nc(C(C)C)nc3sc(C)c(C)c23)c1. The summed E-state index contributed by atoms with van der Waals surface area (Å²) in [4.78, 5) is 24.5. The van der Waals surface area contributed by atoms with Gasteiger partial charge in [0.15, 0.2) is 0 Å². The highest BCUT2D eigenvalue weighted by Gasteiger charge is 2.18. The Bertz CT molecular complexity index is 1080. The molecule has 0 bridgehead atoms. The minimum absolute atomic E-state index is 0.123. The lowest BCUT2D eigenvalue weighted by atomic mass is 10.2.